The van der Waals surface area contributed by atoms with Crippen molar-refractivity contribution < 1.29 is 31.3 Å². The Hall–Kier alpha value is -2.72. The lowest BCUT2D eigenvalue weighted by atomic mass is 10.0. The second kappa shape index (κ2) is 8.40. The highest BCUT2D eigenvalue weighted by Gasteiger charge is 2.16. The monoisotopic (exact) mass is 355 g/mol. The topological polar surface area (TPSA) is 47.2 Å². The minimum Gasteiger partial charge on any atom is -1.00 e. The molecule has 0 saturated carbocycles. The van der Waals surface area contributed by atoms with Gasteiger partial charge in [0.05, 0.1) is 12.2 Å². The molecule has 25 heavy (non-hydrogen) atoms. The molecule has 0 radical (unpaired) electrons. The van der Waals surface area contributed by atoms with Crippen molar-refractivity contribution in [3.8, 4) is 0 Å². The van der Waals surface area contributed by atoms with E-state index in [0.29, 0.717) is 17.7 Å². The zero-order valence-electron chi connectivity index (χ0n) is 13.8. The smallest absolute Gasteiger partial charge is 0.338 e. The van der Waals surface area contributed by atoms with E-state index in [9.17, 15) is 9.59 Å². The Morgan fingerprint density at radius 2 is 1.64 bits per heavy atom. The number of pyridine rings is 1. The number of carbonyl (C=O) groups is 2. The fourth-order valence-corrected chi connectivity index (χ4v) is 2.63. The Morgan fingerprint density at radius 1 is 0.960 bits per heavy atom. The zero-order valence-corrected chi connectivity index (χ0v) is 14.6. The summed E-state index contributed by atoms with van der Waals surface area (Å²) in [4.78, 5) is 24.3. The largest absolute Gasteiger partial charge is 1.00 e. The fraction of sp³-hybridized carbons (Fsp3) is 0.150. The molecule has 0 saturated heterocycles. The van der Waals surface area contributed by atoms with Crippen LogP contribution in [0, 0.1) is 0 Å². The Kier molecular flexibility index (Phi) is 6.25. The summed E-state index contributed by atoms with van der Waals surface area (Å²) in [7, 11) is 0. The molecule has 0 spiro atoms. The van der Waals surface area contributed by atoms with Gasteiger partial charge in [0.2, 0.25) is 12.3 Å². The van der Waals surface area contributed by atoms with Crippen molar-refractivity contribution >= 4 is 22.5 Å². The number of carbonyl (C=O) groups excluding carboxylic acids is 2. The van der Waals surface area contributed by atoms with Crippen molar-refractivity contribution in [3.05, 3.63) is 78.1 Å². The molecular formula is C20H18ClNO3. The molecule has 128 valence electrons. The maximum atomic E-state index is 12.6. The number of benzene rings is 2. The molecule has 0 atom stereocenters. The minimum absolute atomic E-state index is 0. The molecule has 0 N–H and O–H groups in total. The summed E-state index contributed by atoms with van der Waals surface area (Å²) in [6.07, 6.45) is 3.44. The van der Waals surface area contributed by atoms with Crippen LogP contribution in [-0.2, 0) is 11.3 Å². The van der Waals surface area contributed by atoms with Crippen molar-refractivity contribution in [2.45, 2.75) is 13.5 Å². The average Bonchev–Trinajstić information content (AvgIpc) is 2.62. The summed E-state index contributed by atoms with van der Waals surface area (Å²) >= 11 is 0. The number of hydrogen-bond acceptors (Lipinski definition) is 3. The summed E-state index contributed by atoms with van der Waals surface area (Å²) in [5.74, 6) is -0.328. The highest BCUT2D eigenvalue weighted by molar-refractivity contribution is 6.07. The zero-order chi connectivity index (χ0) is 16.9. The van der Waals surface area contributed by atoms with Gasteiger partial charge >= 0.3 is 5.97 Å². The SMILES string of the molecule is CCOC(=O)c1cc[n+](CC(=O)c2cccc3ccccc23)cc1.[Cl-]. The highest BCUT2D eigenvalue weighted by atomic mass is 35.5. The molecule has 0 bridgehead atoms. The van der Waals surface area contributed by atoms with Gasteiger partial charge in [0, 0.05) is 17.7 Å². The maximum absolute atomic E-state index is 12.6. The van der Waals surface area contributed by atoms with E-state index in [1.54, 1.807) is 36.0 Å². The molecule has 5 heteroatoms. The molecule has 0 aliphatic carbocycles. The summed E-state index contributed by atoms with van der Waals surface area (Å²) in [5.41, 5.74) is 1.18. The van der Waals surface area contributed by atoms with Gasteiger partial charge in [-0.25, -0.2) is 4.79 Å². The first-order valence-electron chi connectivity index (χ1n) is 7.86. The number of rotatable bonds is 5. The van der Waals surface area contributed by atoms with Crippen LogP contribution in [0.5, 0.6) is 0 Å². The van der Waals surface area contributed by atoms with Gasteiger partial charge in [-0.3, -0.25) is 4.79 Å². The van der Waals surface area contributed by atoms with E-state index >= 15 is 0 Å². The number of aromatic nitrogens is 1. The summed E-state index contributed by atoms with van der Waals surface area (Å²) in [6, 6.07) is 16.9. The second-order valence-electron chi connectivity index (χ2n) is 5.43. The van der Waals surface area contributed by atoms with Gasteiger partial charge in [0.1, 0.15) is 0 Å². The number of esters is 1. The van der Waals surface area contributed by atoms with Crippen LogP contribution in [0.1, 0.15) is 27.6 Å². The molecule has 0 aliphatic rings. The van der Waals surface area contributed by atoms with Crippen LogP contribution < -0.4 is 17.0 Å². The van der Waals surface area contributed by atoms with Crippen molar-refractivity contribution in [2.24, 2.45) is 0 Å². The van der Waals surface area contributed by atoms with Crippen molar-refractivity contribution in [2.75, 3.05) is 6.61 Å². The number of fused-ring (bicyclic) bond motifs is 1. The molecule has 0 fully saturated rings. The number of halogens is 1. The molecule has 2 aromatic carbocycles. The van der Waals surface area contributed by atoms with E-state index in [1.807, 2.05) is 42.5 Å². The van der Waals surface area contributed by atoms with Crippen LogP contribution in [0.2, 0.25) is 0 Å². The van der Waals surface area contributed by atoms with Crippen LogP contribution in [0.25, 0.3) is 10.8 Å². The van der Waals surface area contributed by atoms with E-state index in [-0.39, 0.29) is 30.7 Å². The van der Waals surface area contributed by atoms with Crippen LogP contribution in [-0.4, -0.2) is 18.4 Å². The standard InChI is InChI=1S/C20H18NO3.ClH/c1-2-24-20(23)16-10-12-21(13-11-16)14-19(22)18-9-5-7-15-6-3-4-8-17(15)18;/h3-13H,2,14H2,1H3;1H/q+1;/p-1. The first-order valence-corrected chi connectivity index (χ1v) is 7.86. The third-order valence-corrected chi connectivity index (χ3v) is 3.82. The van der Waals surface area contributed by atoms with Crippen molar-refractivity contribution in [3.63, 3.8) is 0 Å². The van der Waals surface area contributed by atoms with E-state index in [4.69, 9.17) is 4.74 Å². The first-order chi connectivity index (χ1) is 11.7. The fourth-order valence-electron chi connectivity index (χ4n) is 2.63. The van der Waals surface area contributed by atoms with Crippen LogP contribution in [0.3, 0.4) is 0 Å². The molecule has 1 heterocycles. The van der Waals surface area contributed by atoms with Gasteiger partial charge < -0.3 is 17.1 Å². The van der Waals surface area contributed by atoms with Crippen LogP contribution in [0.15, 0.2) is 67.0 Å². The number of ether oxygens (including phenoxy) is 1. The maximum Gasteiger partial charge on any atom is 0.338 e. The molecule has 0 aliphatic heterocycles. The molecule has 0 unspecified atom stereocenters. The van der Waals surface area contributed by atoms with Gasteiger partial charge in [-0.1, -0.05) is 42.5 Å². The van der Waals surface area contributed by atoms with Gasteiger partial charge in [-0.15, -0.1) is 0 Å². The Labute approximate surface area is 152 Å². The molecule has 3 rings (SSSR count). The lowest BCUT2D eigenvalue weighted by Gasteiger charge is -2.04. The quantitative estimate of drug-likeness (QED) is 0.373. The Morgan fingerprint density at radius 3 is 2.36 bits per heavy atom. The van der Waals surface area contributed by atoms with Crippen molar-refractivity contribution in [1.29, 1.82) is 0 Å². The molecule has 4 nitrogen and oxygen atoms in total. The van der Waals surface area contributed by atoms with E-state index < -0.39 is 0 Å². The summed E-state index contributed by atoms with van der Waals surface area (Å²) < 4.78 is 6.71. The second-order valence-corrected chi connectivity index (χ2v) is 5.43. The summed E-state index contributed by atoms with van der Waals surface area (Å²) in [6.45, 7) is 2.33. The van der Waals surface area contributed by atoms with Gasteiger partial charge in [-0.05, 0) is 17.7 Å². The first kappa shape index (κ1) is 18.6. The Balaban J connectivity index is 0.00000225. The third-order valence-electron chi connectivity index (χ3n) is 3.82. The number of nitrogens with zero attached hydrogens (tertiary/aromatic N) is 1. The van der Waals surface area contributed by atoms with Crippen molar-refractivity contribution in [1.82, 2.24) is 0 Å². The number of hydrogen-bond donors (Lipinski definition) is 0. The van der Waals surface area contributed by atoms with Gasteiger partial charge in [0.25, 0.3) is 0 Å². The normalized spacial score (nSPS) is 10.1. The van der Waals surface area contributed by atoms with Crippen LogP contribution >= 0.6 is 0 Å². The molecule has 3 aromatic rings. The molecular weight excluding hydrogens is 338 g/mol. The predicted molar refractivity (Wildman–Crippen MR) is 90.9 cm³/mol. The average molecular weight is 356 g/mol. The predicted octanol–water partition coefficient (Wildman–Crippen LogP) is 0.191. The number of ketones is 1. The van der Waals surface area contributed by atoms with Gasteiger partial charge in [0.15, 0.2) is 12.4 Å². The summed E-state index contributed by atoms with van der Waals surface area (Å²) in [5, 5.41) is 2.00. The van der Waals surface area contributed by atoms with Crippen LogP contribution in [0.4, 0.5) is 0 Å². The highest BCUT2D eigenvalue weighted by Crippen LogP contribution is 2.18. The third kappa shape index (κ3) is 4.22. The molecule has 1 aromatic heterocycles. The number of Topliss-reactive ketones (excluding diaryl/α,β-unsaturated/α-hetero) is 1. The van der Waals surface area contributed by atoms with Gasteiger partial charge in [-0.2, -0.15) is 4.57 Å². The Bertz CT molecular complexity index is 886. The minimum atomic E-state index is -0.356. The van der Waals surface area contributed by atoms with E-state index in [1.165, 1.54) is 0 Å². The lowest BCUT2D eigenvalue weighted by molar-refractivity contribution is -0.683. The van der Waals surface area contributed by atoms with E-state index in [2.05, 4.69) is 0 Å². The lowest BCUT2D eigenvalue weighted by Crippen LogP contribution is -3.00. The molecule has 0 amide bonds. The van der Waals surface area contributed by atoms with E-state index in [0.717, 1.165) is 10.8 Å².